The molecule has 4 aromatic carbocycles. The monoisotopic (exact) mass is 676 g/mol. The predicted octanol–water partition coefficient (Wildman–Crippen LogP) is 7.71. The standard InChI is InChI=1S/C42H50N2O2P2/c1-33(31-35(3)45)43-41(27-17-29-47(37-19-9-5-10-20-37)38-21-11-6-12-22-38)42(44-34(2)32-36(4)46)28-18-30-48(39-23-13-7-14-24-39)40-25-15-8-16-26-40/h5-16,19-26,31-32,41-44H,17-18,27-30H2,1-4H3/b33-31-,34-32-. The van der Waals surface area contributed by atoms with Crippen molar-refractivity contribution in [2.24, 2.45) is 0 Å². The summed E-state index contributed by atoms with van der Waals surface area (Å²) in [6, 6.07) is 43.6. The molecule has 48 heavy (non-hydrogen) atoms. The molecule has 0 aliphatic carbocycles. The highest BCUT2D eigenvalue weighted by molar-refractivity contribution is 7.73. The average Bonchev–Trinajstić information content (AvgIpc) is 3.08. The van der Waals surface area contributed by atoms with Gasteiger partial charge in [0.05, 0.1) is 0 Å². The molecule has 4 rings (SSSR count). The van der Waals surface area contributed by atoms with Crippen molar-refractivity contribution in [1.82, 2.24) is 10.6 Å². The fourth-order valence-corrected chi connectivity index (χ4v) is 11.0. The van der Waals surface area contributed by atoms with Crippen molar-refractivity contribution < 1.29 is 9.59 Å². The third-order valence-electron chi connectivity index (χ3n) is 8.22. The van der Waals surface area contributed by atoms with Gasteiger partial charge in [-0.25, -0.2) is 0 Å². The van der Waals surface area contributed by atoms with Gasteiger partial charge in [0.1, 0.15) is 0 Å². The molecule has 0 fully saturated rings. The summed E-state index contributed by atoms with van der Waals surface area (Å²) >= 11 is 0. The normalized spacial score (nSPS) is 13.3. The number of ketones is 2. The van der Waals surface area contributed by atoms with Crippen molar-refractivity contribution in [3.8, 4) is 0 Å². The van der Waals surface area contributed by atoms with E-state index in [0.717, 1.165) is 49.4 Å². The van der Waals surface area contributed by atoms with E-state index in [1.54, 1.807) is 26.0 Å². The maximum Gasteiger partial charge on any atom is 0.154 e. The lowest BCUT2D eigenvalue weighted by Crippen LogP contribution is -2.47. The van der Waals surface area contributed by atoms with Crippen molar-refractivity contribution in [2.75, 3.05) is 12.3 Å². The predicted molar refractivity (Wildman–Crippen MR) is 209 cm³/mol. The first-order valence-electron chi connectivity index (χ1n) is 17.0. The van der Waals surface area contributed by atoms with Crippen molar-refractivity contribution in [2.45, 2.75) is 65.5 Å². The number of hydrogen-bond acceptors (Lipinski definition) is 4. The molecule has 2 unspecified atom stereocenters. The van der Waals surface area contributed by atoms with Gasteiger partial charge in [-0.15, -0.1) is 0 Å². The van der Waals surface area contributed by atoms with Crippen LogP contribution in [0.4, 0.5) is 0 Å². The van der Waals surface area contributed by atoms with E-state index in [1.165, 1.54) is 21.2 Å². The summed E-state index contributed by atoms with van der Waals surface area (Å²) in [5, 5.41) is 13.0. The lowest BCUT2D eigenvalue weighted by molar-refractivity contribution is -0.113. The van der Waals surface area contributed by atoms with Crippen LogP contribution in [0.15, 0.2) is 145 Å². The molecule has 0 bridgehead atoms. The zero-order valence-electron chi connectivity index (χ0n) is 28.8. The second-order valence-corrected chi connectivity index (χ2v) is 17.0. The largest absolute Gasteiger partial charge is 0.384 e. The van der Waals surface area contributed by atoms with E-state index < -0.39 is 15.8 Å². The Balaban J connectivity index is 1.58. The van der Waals surface area contributed by atoms with E-state index in [0.29, 0.717) is 0 Å². The Labute approximate surface area is 290 Å². The fourth-order valence-electron chi connectivity index (χ4n) is 6.21. The van der Waals surface area contributed by atoms with Crippen molar-refractivity contribution in [3.05, 3.63) is 145 Å². The third kappa shape index (κ3) is 12.3. The summed E-state index contributed by atoms with van der Waals surface area (Å²) in [7, 11) is -1.01. The van der Waals surface area contributed by atoms with Crippen LogP contribution in [-0.2, 0) is 9.59 Å². The smallest absolute Gasteiger partial charge is 0.154 e. The zero-order chi connectivity index (χ0) is 34.1. The molecule has 4 aromatic rings. The number of carbonyl (C=O) groups excluding carboxylic acids is 2. The zero-order valence-corrected chi connectivity index (χ0v) is 30.6. The van der Waals surface area contributed by atoms with Crippen LogP contribution in [0.3, 0.4) is 0 Å². The molecule has 0 saturated heterocycles. The maximum atomic E-state index is 12.1. The maximum absolute atomic E-state index is 12.1. The summed E-state index contributed by atoms with van der Waals surface area (Å²) in [5.74, 6) is 0.0629. The van der Waals surface area contributed by atoms with Gasteiger partial charge in [0.2, 0.25) is 0 Å². The Morgan fingerprint density at radius 2 is 0.771 bits per heavy atom. The molecule has 250 valence electrons. The quantitative estimate of drug-likeness (QED) is 0.0790. The molecule has 0 aromatic heterocycles. The Morgan fingerprint density at radius 1 is 0.500 bits per heavy atom. The highest BCUT2D eigenvalue weighted by Gasteiger charge is 2.24. The topological polar surface area (TPSA) is 58.2 Å². The first-order valence-corrected chi connectivity index (χ1v) is 20.0. The molecule has 0 aliphatic heterocycles. The van der Waals surface area contributed by atoms with E-state index >= 15 is 0 Å². The van der Waals surface area contributed by atoms with Crippen molar-refractivity contribution in [3.63, 3.8) is 0 Å². The van der Waals surface area contributed by atoms with Gasteiger partial charge in [-0.1, -0.05) is 121 Å². The molecule has 4 nitrogen and oxygen atoms in total. The molecule has 6 heteroatoms. The third-order valence-corrected chi connectivity index (χ3v) is 13.4. The molecule has 0 heterocycles. The van der Waals surface area contributed by atoms with E-state index in [9.17, 15) is 9.59 Å². The Kier molecular flexibility index (Phi) is 15.3. The first kappa shape index (κ1) is 37.0. The lowest BCUT2D eigenvalue weighted by Gasteiger charge is -2.32. The summed E-state index contributed by atoms with van der Waals surface area (Å²) in [5.41, 5.74) is 1.74. The molecular weight excluding hydrogens is 626 g/mol. The summed E-state index contributed by atoms with van der Waals surface area (Å²) in [4.78, 5) is 24.1. The fraction of sp³-hybridized carbons (Fsp3) is 0.286. The number of hydrogen-bond donors (Lipinski definition) is 2. The summed E-state index contributed by atoms with van der Waals surface area (Å²) in [6.07, 6.45) is 9.42. The van der Waals surface area contributed by atoms with E-state index in [2.05, 4.69) is 132 Å². The van der Waals surface area contributed by atoms with Gasteiger partial charge in [-0.2, -0.15) is 0 Å². The second kappa shape index (κ2) is 19.9. The highest BCUT2D eigenvalue weighted by atomic mass is 31.1. The van der Waals surface area contributed by atoms with Crippen LogP contribution in [-0.4, -0.2) is 36.0 Å². The van der Waals surface area contributed by atoms with Gasteiger partial charge in [0.25, 0.3) is 0 Å². The summed E-state index contributed by atoms with van der Waals surface area (Å²) < 4.78 is 0. The molecule has 0 amide bonds. The highest BCUT2D eigenvalue weighted by Crippen LogP contribution is 2.36. The second-order valence-electron chi connectivity index (χ2n) is 12.3. The first-order chi connectivity index (χ1) is 23.3. The van der Waals surface area contributed by atoms with Crippen LogP contribution >= 0.6 is 15.8 Å². The van der Waals surface area contributed by atoms with Gasteiger partial charge in [-0.05, 0) is 115 Å². The van der Waals surface area contributed by atoms with Crippen LogP contribution < -0.4 is 31.9 Å². The van der Waals surface area contributed by atoms with Crippen LogP contribution in [0.5, 0.6) is 0 Å². The molecule has 0 aliphatic rings. The minimum Gasteiger partial charge on any atom is -0.384 e. The molecule has 2 N–H and O–H groups in total. The average molecular weight is 677 g/mol. The van der Waals surface area contributed by atoms with Gasteiger partial charge in [0, 0.05) is 23.5 Å². The van der Waals surface area contributed by atoms with Crippen LogP contribution in [0.1, 0.15) is 53.4 Å². The minimum absolute atomic E-state index is 0.0314. The number of rotatable bonds is 19. The number of nitrogens with one attached hydrogen (secondary N) is 2. The lowest BCUT2D eigenvalue weighted by atomic mass is 9.98. The van der Waals surface area contributed by atoms with Crippen molar-refractivity contribution >= 4 is 48.6 Å². The molecule has 0 spiro atoms. The van der Waals surface area contributed by atoms with Gasteiger partial charge < -0.3 is 10.6 Å². The van der Waals surface area contributed by atoms with E-state index in [-0.39, 0.29) is 23.7 Å². The van der Waals surface area contributed by atoms with E-state index in [4.69, 9.17) is 0 Å². The number of benzene rings is 4. The van der Waals surface area contributed by atoms with Crippen LogP contribution in [0, 0.1) is 0 Å². The minimum atomic E-state index is -0.505. The van der Waals surface area contributed by atoms with Crippen LogP contribution in [0.25, 0.3) is 0 Å². The Morgan fingerprint density at radius 3 is 1.02 bits per heavy atom. The van der Waals surface area contributed by atoms with Crippen molar-refractivity contribution in [1.29, 1.82) is 0 Å². The van der Waals surface area contributed by atoms with E-state index in [1.807, 2.05) is 13.8 Å². The van der Waals surface area contributed by atoms with Gasteiger partial charge in [0.15, 0.2) is 11.6 Å². The molecule has 0 radical (unpaired) electrons. The Hall–Kier alpha value is -3.84. The molecule has 0 saturated carbocycles. The number of carbonyl (C=O) groups is 2. The summed E-state index contributed by atoms with van der Waals surface area (Å²) in [6.45, 7) is 7.15. The van der Waals surface area contributed by atoms with Gasteiger partial charge >= 0.3 is 0 Å². The molecule has 2 atom stereocenters. The number of allylic oxidation sites excluding steroid dienone is 4. The molecular formula is C42H50N2O2P2. The Bertz CT molecular complexity index is 1410. The van der Waals surface area contributed by atoms with Gasteiger partial charge in [-0.3, -0.25) is 9.59 Å². The van der Waals surface area contributed by atoms with Crippen LogP contribution in [0.2, 0.25) is 0 Å². The SMILES string of the molecule is CC(=O)/C=C(/C)NC(CCCP(c1ccccc1)c1ccccc1)C(CCCP(c1ccccc1)c1ccccc1)N/C(C)=C\C(C)=O.